The van der Waals surface area contributed by atoms with E-state index in [1.165, 1.54) is 30.4 Å². The molecule has 3 saturated carbocycles. The second kappa shape index (κ2) is 2.40. The van der Waals surface area contributed by atoms with E-state index in [1.807, 2.05) is 0 Å². The Morgan fingerprint density at radius 3 is 2.21 bits per heavy atom. The van der Waals surface area contributed by atoms with Crippen LogP contribution in [0.4, 0.5) is 0 Å². The quantitative estimate of drug-likeness (QED) is 0.755. The number of aliphatic hydroxyl groups is 1. The second-order valence-corrected chi connectivity index (χ2v) is 5.33. The monoisotopic (exact) mass is 188 g/mol. The molecule has 2 bridgehead atoms. The van der Waals surface area contributed by atoms with Crippen LogP contribution in [0.2, 0.25) is 0 Å². The molecule has 0 spiro atoms. The van der Waals surface area contributed by atoms with Crippen LogP contribution < -0.4 is 0 Å². The third-order valence-corrected chi connectivity index (χ3v) is 4.14. The number of rotatable bonds is 2. The molecule has 0 radical (unpaired) electrons. The Bertz CT molecular complexity index is 344. The summed E-state index contributed by atoms with van der Waals surface area (Å²) in [7, 11) is 0. The second-order valence-electron chi connectivity index (χ2n) is 5.33. The Kier molecular flexibility index (Phi) is 1.46. The minimum atomic E-state index is 0.324. The van der Waals surface area contributed by atoms with E-state index in [2.05, 4.69) is 31.2 Å². The van der Waals surface area contributed by atoms with Crippen LogP contribution in [0.25, 0.3) is 0 Å². The van der Waals surface area contributed by atoms with Crippen LogP contribution in [0.5, 0.6) is 0 Å². The zero-order valence-corrected chi connectivity index (χ0v) is 8.59. The molecule has 74 valence electrons. The van der Waals surface area contributed by atoms with E-state index >= 15 is 0 Å². The number of hydrogen-bond acceptors (Lipinski definition) is 1. The van der Waals surface area contributed by atoms with Crippen molar-refractivity contribution in [1.29, 1.82) is 0 Å². The van der Waals surface area contributed by atoms with Crippen molar-refractivity contribution in [3.05, 3.63) is 35.4 Å². The first kappa shape index (κ1) is 8.49. The van der Waals surface area contributed by atoms with Gasteiger partial charge in [-0.05, 0) is 42.6 Å². The average Bonchev–Trinajstić information content (AvgIpc) is 2.04. The Labute approximate surface area is 84.8 Å². The molecule has 1 aromatic rings. The SMILES string of the molecule is Cc1ccc(C23CC(CO)(C2)C3)cc1. The summed E-state index contributed by atoms with van der Waals surface area (Å²) in [6, 6.07) is 8.91. The normalized spacial score (nSPS) is 38.7. The lowest BCUT2D eigenvalue weighted by atomic mass is 9.34. The molecule has 1 aromatic carbocycles. The van der Waals surface area contributed by atoms with E-state index in [1.54, 1.807) is 0 Å². The third-order valence-electron chi connectivity index (χ3n) is 4.14. The number of aliphatic hydroxyl groups excluding tert-OH is 1. The first-order valence-electron chi connectivity index (χ1n) is 5.36. The van der Waals surface area contributed by atoms with Gasteiger partial charge in [-0.3, -0.25) is 0 Å². The molecule has 1 N–H and O–H groups in total. The van der Waals surface area contributed by atoms with Gasteiger partial charge < -0.3 is 5.11 Å². The van der Waals surface area contributed by atoms with Gasteiger partial charge >= 0.3 is 0 Å². The number of hydrogen-bond donors (Lipinski definition) is 1. The smallest absolute Gasteiger partial charge is 0.0488 e. The fourth-order valence-corrected chi connectivity index (χ4v) is 3.38. The molecule has 4 rings (SSSR count). The van der Waals surface area contributed by atoms with Gasteiger partial charge in [-0.2, -0.15) is 0 Å². The predicted molar refractivity (Wildman–Crippen MR) is 56.2 cm³/mol. The average molecular weight is 188 g/mol. The maximum atomic E-state index is 9.19. The topological polar surface area (TPSA) is 20.2 Å². The van der Waals surface area contributed by atoms with Crippen LogP contribution >= 0.6 is 0 Å². The zero-order valence-electron chi connectivity index (χ0n) is 8.59. The minimum Gasteiger partial charge on any atom is -0.396 e. The Morgan fingerprint density at radius 2 is 1.71 bits per heavy atom. The van der Waals surface area contributed by atoms with E-state index in [9.17, 15) is 5.11 Å². The third kappa shape index (κ3) is 0.885. The Balaban J connectivity index is 1.84. The highest BCUT2D eigenvalue weighted by Gasteiger charge is 2.67. The lowest BCUT2D eigenvalue weighted by Gasteiger charge is -2.70. The summed E-state index contributed by atoms with van der Waals surface area (Å²) in [5.41, 5.74) is 3.59. The summed E-state index contributed by atoms with van der Waals surface area (Å²) < 4.78 is 0. The highest BCUT2D eigenvalue weighted by molar-refractivity contribution is 5.39. The predicted octanol–water partition coefficient (Wildman–Crippen LogP) is 2.41. The van der Waals surface area contributed by atoms with Crippen LogP contribution in [0.1, 0.15) is 30.4 Å². The Hall–Kier alpha value is -0.820. The largest absolute Gasteiger partial charge is 0.396 e. The lowest BCUT2D eigenvalue weighted by molar-refractivity contribution is -0.167. The lowest BCUT2D eigenvalue weighted by Crippen LogP contribution is -2.66. The van der Waals surface area contributed by atoms with E-state index in [0.29, 0.717) is 17.4 Å². The first-order chi connectivity index (χ1) is 6.68. The van der Waals surface area contributed by atoms with Gasteiger partial charge in [0.2, 0.25) is 0 Å². The van der Waals surface area contributed by atoms with Crippen molar-refractivity contribution >= 4 is 0 Å². The van der Waals surface area contributed by atoms with E-state index in [0.717, 1.165) is 0 Å². The molecular formula is C13H16O. The number of benzene rings is 1. The highest BCUT2D eigenvalue weighted by atomic mass is 16.3. The molecule has 0 amide bonds. The van der Waals surface area contributed by atoms with Crippen molar-refractivity contribution in [1.82, 2.24) is 0 Å². The van der Waals surface area contributed by atoms with Gasteiger partial charge in [-0.25, -0.2) is 0 Å². The van der Waals surface area contributed by atoms with Crippen molar-refractivity contribution in [2.75, 3.05) is 6.61 Å². The van der Waals surface area contributed by atoms with Gasteiger partial charge in [-0.1, -0.05) is 29.8 Å². The summed E-state index contributed by atoms with van der Waals surface area (Å²) >= 11 is 0. The van der Waals surface area contributed by atoms with Crippen molar-refractivity contribution in [2.45, 2.75) is 31.6 Å². The molecule has 3 aliphatic rings. The minimum absolute atomic E-state index is 0.324. The molecule has 1 heteroatoms. The van der Waals surface area contributed by atoms with Crippen LogP contribution in [0, 0.1) is 12.3 Å². The molecule has 14 heavy (non-hydrogen) atoms. The van der Waals surface area contributed by atoms with Crippen LogP contribution in [0.15, 0.2) is 24.3 Å². The van der Waals surface area contributed by atoms with E-state index in [4.69, 9.17) is 0 Å². The summed E-state index contributed by atoms with van der Waals surface area (Å²) in [5.74, 6) is 0. The molecule has 0 unspecified atom stereocenters. The first-order valence-corrected chi connectivity index (χ1v) is 5.36. The summed E-state index contributed by atoms with van der Waals surface area (Å²) in [4.78, 5) is 0. The van der Waals surface area contributed by atoms with Crippen LogP contribution in [0.3, 0.4) is 0 Å². The van der Waals surface area contributed by atoms with Gasteiger partial charge in [-0.15, -0.1) is 0 Å². The molecule has 3 fully saturated rings. The summed E-state index contributed by atoms with van der Waals surface area (Å²) in [6.45, 7) is 2.52. The zero-order chi connectivity index (χ0) is 9.81. The van der Waals surface area contributed by atoms with Crippen molar-refractivity contribution in [3.8, 4) is 0 Å². The van der Waals surface area contributed by atoms with Gasteiger partial charge in [0.05, 0.1) is 0 Å². The van der Waals surface area contributed by atoms with Gasteiger partial charge in [0.25, 0.3) is 0 Å². The molecule has 3 aliphatic carbocycles. The summed E-state index contributed by atoms with van der Waals surface area (Å²) in [5, 5.41) is 9.19. The van der Waals surface area contributed by atoms with Crippen LogP contribution in [-0.4, -0.2) is 11.7 Å². The fourth-order valence-electron chi connectivity index (χ4n) is 3.38. The van der Waals surface area contributed by atoms with Gasteiger partial charge in [0.1, 0.15) is 0 Å². The van der Waals surface area contributed by atoms with Gasteiger partial charge in [0, 0.05) is 6.61 Å². The molecule has 0 aromatic heterocycles. The molecule has 0 saturated heterocycles. The molecule has 1 nitrogen and oxygen atoms in total. The molecule has 0 heterocycles. The number of aryl methyl sites for hydroxylation is 1. The highest BCUT2D eigenvalue weighted by Crippen LogP contribution is 2.73. The fraction of sp³-hybridized carbons (Fsp3) is 0.538. The van der Waals surface area contributed by atoms with Crippen LogP contribution in [-0.2, 0) is 5.41 Å². The molecule has 0 aliphatic heterocycles. The maximum Gasteiger partial charge on any atom is 0.0488 e. The van der Waals surface area contributed by atoms with Gasteiger partial charge in [0.15, 0.2) is 0 Å². The molecule has 0 atom stereocenters. The van der Waals surface area contributed by atoms with E-state index < -0.39 is 0 Å². The van der Waals surface area contributed by atoms with E-state index in [-0.39, 0.29) is 0 Å². The Morgan fingerprint density at radius 1 is 1.14 bits per heavy atom. The molecular weight excluding hydrogens is 172 g/mol. The van der Waals surface area contributed by atoms with Crippen molar-refractivity contribution in [2.24, 2.45) is 5.41 Å². The maximum absolute atomic E-state index is 9.19. The van der Waals surface area contributed by atoms with Crippen molar-refractivity contribution in [3.63, 3.8) is 0 Å². The van der Waals surface area contributed by atoms with Crippen molar-refractivity contribution < 1.29 is 5.11 Å². The summed E-state index contributed by atoms with van der Waals surface area (Å²) in [6.07, 6.45) is 3.62. The standard InChI is InChI=1S/C13H16O/c1-10-2-4-11(5-3-10)13-6-12(7-13,8-13)9-14/h2-5,14H,6-9H2,1H3.